The van der Waals surface area contributed by atoms with Gasteiger partial charge in [-0.15, -0.1) is 0 Å². The molecule has 1 aromatic carbocycles. The molecule has 0 bridgehead atoms. The van der Waals surface area contributed by atoms with Crippen molar-refractivity contribution in [2.24, 2.45) is 5.92 Å². The predicted molar refractivity (Wildman–Crippen MR) is 92.3 cm³/mol. The number of amides is 2. The van der Waals surface area contributed by atoms with Crippen LogP contribution in [0.2, 0.25) is 0 Å². The van der Waals surface area contributed by atoms with E-state index in [-0.39, 0.29) is 11.4 Å². The molecular formula is C18H17F3N4O2. The van der Waals surface area contributed by atoms with Crippen LogP contribution in [0.3, 0.4) is 0 Å². The maximum atomic E-state index is 13.1. The van der Waals surface area contributed by atoms with Crippen LogP contribution in [0.1, 0.15) is 25.0 Å². The minimum absolute atomic E-state index is 0.0849. The van der Waals surface area contributed by atoms with Gasteiger partial charge >= 0.3 is 12.2 Å². The van der Waals surface area contributed by atoms with Gasteiger partial charge in [0, 0.05) is 12.6 Å². The van der Waals surface area contributed by atoms with Crippen LogP contribution in [-0.4, -0.2) is 17.6 Å². The number of nitrogens with zero attached hydrogens (tertiary/aromatic N) is 2. The summed E-state index contributed by atoms with van der Waals surface area (Å²) in [5, 5.41) is 14.0. The molecule has 0 atom stereocenters. The maximum Gasteiger partial charge on any atom is 0.420 e. The van der Waals surface area contributed by atoms with Gasteiger partial charge in [0.25, 0.3) is 0 Å². The van der Waals surface area contributed by atoms with Gasteiger partial charge in [0.1, 0.15) is 5.75 Å². The highest BCUT2D eigenvalue weighted by molar-refractivity contribution is 5.89. The molecule has 9 heteroatoms. The quantitative estimate of drug-likeness (QED) is 0.800. The number of alkyl halides is 3. The van der Waals surface area contributed by atoms with Crippen molar-refractivity contribution in [3.8, 4) is 17.7 Å². The lowest BCUT2D eigenvalue weighted by molar-refractivity contribution is -0.138. The van der Waals surface area contributed by atoms with E-state index in [2.05, 4.69) is 15.6 Å². The van der Waals surface area contributed by atoms with Gasteiger partial charge in [-0.2, -0.15) is 18.4 Å². The van der Waals surface area contributed by atoms with Crippen LogP contribution in [0.5, 0.6) is 11.6 Å². The molecule has 2 amide bonds. The van der Waals surface area contributed by atoms with Crippen molar-refractivity contribution < 1.29 is 22.7 Å². The van der Waals surface area contributed by atoms with E-state index in [1.165, 1.54) is 24.4 Å². The predicted octanol–water partition coefficient (Wildman–Crippen LogP) is 4.54. The Labute approximate surface area is 154 Å². The first-order chi connectivity index (χ1) is 12.7. The number of benzene rings is 1. The van der Waals surface area contributed by atoms with Crippen LogP contribution < -0.4 is 15.4 Å². The average Bonchev–Trinajstić information content (AvgIpc) is 2.61. The summed E-state index contributed by atoms with van der Waals surface area (Å²) in [6.45, 7) is 4.40. The van der Waals surface area contributed by atoms with Crippen molar-refractivity contribution in [2.45, 2.75) is 20.0 Å². The molecule has 0 aliphatic heterocycles. The van der Waals surface area contributed by atoms with E-state index in [9.17, 15) is 18.0 Å². The minimum atomic E-state index is -4.68. The largest absolute Gasteiger partial charge is 0.438 e. The Kier molecular flexibility index (Phi) is 6.23. The summed E-state index contributed by atoms with van der Waals surface area (Å²) in [6.07, 6.45) is -3.42. The van der Waals surface area contributed by atoms with Crippen molar-refractivity contribution in [1.82, 2.24) is 10.3 Å². The summed E-state index contributed by atoms with van der Waals surface area (Å²) in [6, 6.07) is 7.03. The molecule has 1 heterocycles. The number of ether oxygens (including phenoxy) is 1. The highest BCUT2D eigenvalue weighted by Gasteiger charge is 2.35. The van der Waals surface area contributed by atoms with Crippen molar-refractivity contribution in [3.05, 3.63) is 47.7 Å². The number of aromatic nitrogens is 1. The Morgan fingerprint density at radius 3 is 2.59 bits per heavy atom. The molecule has 27 heavy (non-hydrogen) atoms. The fourth-order valence-electron chi connectivity index (χ4n) is 2.01. The summed E-state index contributed by atoms with van der Waals surface area (Å²) < 4.78 is 44.6. The number of anilines is 1. The fraction of sp³-hybridized carbons (Fsp3) is 0.278. The van der Waals surface area contributed by atoms with Crippen LogP contribution in [-0.2, 0) is 6.18 Å². The lowest BCUT2D eigenvalue weighted by atomic mass is 10.1. The lowest BCUT2D eigenvalue weighted by Crippen LogP contribution is -2.31. The van der Waals surface area contributed by atoms with Crippen molar-refractivity contribution in [2.75, 3.05) is 11.9 Å². The standard InChI is InChI=1S/C18H17F3N4O2/c1-11(2)9-24-17(26)25-13-4-6-16(23-10-13)27-15-5-3-12(8-22)7-14(15)18(19,20)21/h3-7,10-11H,9H2,1-2H3,(H2,24,25,26). The molecule has 0 fully saturated rings. The van der Waals surface area contributed by atoms with E-state index in [4.69, 9.17) is 10.00 Å². The van der Waals surface area contributed by atoms with Crippen LogP contribution in [0.4, 0.5) is 23.7 Å². The molecule has 0 saturated heterocycles. The normalized spacial score (nSPS) is 11.0. The summed E-state index contributed by atoms with van der Waals surface area (Å²) in [7, 11) is 0. The first-order valence-corrected chi connectivity index (χ1v) is 7.99. The number of hydrogen-bond donors (Lipinski definition) is 2. The Balaban J connectivity index is 2.11. The average molecular weight is 378 g/mol. The second kappa shape index (κ2) is 8.40. The lowest BCUT2D eigenvalue weighted by Gasteiger charge is -2.14. The van der Waals surface area contributed by atoms with Gasteiger partial charge in [-0.25, -0.2) is 9.78 Å². The Hall–Kier alpha value is -3.28. The van der Waals surface area contributed by atoms with Gasteiger partial charge in [-0.3, -0.25) is 0 Å². The third-order valence-electron chi connectivity index (χ3n) is 3.29. The second-order valence-electron chi connectivity index (χ2n) is 6.04. The third-order valence-corrected chi connectivity index (χ3v) is 3.29. The number of carbonyl (C=O) groups excluding carboxylic acids is 1. The van der Waals surface area contributed by atoms with Gasteiger partial charge in [-0.1, -0.05) is 13.8 Å². The van der Waals surface area contributed by atoms with Crippen molar-refractivity contribution in [1.29, 1.82) is 5.26 Å². The number of hydrogen-bond acceptors (Lipinski definition) is 4. The van der Waals surface area contributed by atoms with Gasteiger partial charge < -0.3 is 15.4 Å². The molecule has 2 aromatic rings. The highest BCUT2D eigenvalue weighted by Crippen LogP contribution is 2.38. The molecule has 2 N–H and O–H groups in total. The zero-order valence-electron chi connectivity index (χ0n) is 14.6. The summed E-state index contributed by atoms with van der Waals surface area (Å²) >= 11 is 0. The first kappa shape index (κ1) is 20.0. The van der Waals surface area contributed by atoms with Gasteiger partial charge in [-0.05, 0) is 30.2 Å². The Bertz CT molecular complexity index is 843. The smallest absolute Gasteiger partial charge is 0.420 e. The van der Waals surface area contributed by atoms with E-state index in [0.29, 0.717) is 24.2 Å². The molecule has 0 saturated carbocycles. The van der Waals surface area contributed by atoms with E-state index in [1.54, 1.807) is 6.07 Å². The number of carbonyl (C=O) groups is 1. The van der Waals surface area contributed by atoms with Crippen LogP contribution in [0.15, 0.2) is 36.5 Å². The number of nitrogens with one attached hydrogen (secondary N) is 2. The Morgan fingerprint density at radius 2 is 2.04 bits per heavy atom. The van der Waals surface area contributed by atoms with Gasteiger partial charge in [0.15, 0.2) is 0 Å². The molecule has 0 unspecified atom stereocenters. The van der Waals surface area contributed by atoms with Crippen LogP contribution in [0.25, 0.3) is 0 Å². The topological polar surface area (TPSA) is 87.0 Å². The molecule has 142 valence electrons. The van der Waals surface area contributed by atoms with E-state index >= 15 is 0 Å². The molecular weight excluding hydrogens is 361 g/mol. The highest BCUT2D eigenvalue weighted by atomic mass is 19.4. The number of halogens is 3. The Morgan fingerprint density at radius 1 is 1.30 bits per heavy atom. The van der Waals surface area contributed by atoms with Crippen molar-refractivity contribution in [3.63, 3.8) is 0 Å². The maximum absolute atomic E-state index is 13.1. The zero-order chi connectivity index (χ0) is 20.0. The van der Waals surface area contributed by atoms with Crippen LogP contribution >= 0.6 is 0 Å². The summed E-state index contributed by atoms with van der Waals surface area (Å²) in [5.74, 6) is -0.261. The fourth-order valence-corrected chi connectivity index (χ4v) is 2.01. The molecule has 2 rings (SSSR count). The molecule has 0 spiro atoms. The zero-order valence-corrected chi connectivity index (χ0v) is 14.6. The number of urea groups is 1. The SMILES string of the molecule is CC(C)CNC(=O)Nc1ccc(Oc2ccc(C#N)cc2C(F)(F)F)nc1. The van der Waals surface area contributed by atoms with Gasteiger partial charge in [0.05, 0.1) is 29.1 Å². The second-order valence-corrected chi connectivity index (χ2v) is 6.04. The molecule has 0 radical (unpaired) electrons. The number of nitriles is 1. The summed E-state index contributed by atoms with van der Waals surface area (Å²) in [4.78, 5) is 15.6. The number of rotatable bonds is 5. The summed E-state index contributed by atoms with van der Waals surface area (Å²) in [5.41, 5.74) is -0.840. The van der Waals surface area contributed by atoms with Crippen molar-refractivity contribution >= 4 is 11.7 Å². The third kappa shape index (κ3) is 5.88. The molecule has 1 aromatic heterocycles. The minimum Gasteiger partial charge on any atom is -0.438 e. The molecule has 0 aliphatic carbocycles. The van der Waals surface area contributed by atoms with Gasteiger partial charge in [0.2, 0.25) is 5.88 Å². The first-order valence-electron chi connectivity index (χ1n) is 7.99. The van der Waals surface area contributed by atoms with E-state index < -0.39 is 23.5 Å². The number of pyridine rings is 1. The van der Waals surface area contributed by atoms with E-state index in [0.717, 1.165) is 6.07 Å². The monoisotopic (exact) mass is 378 g/mol. The van der Waals surface area contributed by atoms with Crippen LogP contribution in [0, 0.1) is 17.2 Å². The van der Waals surface area contributed by atoms with E-state index in [1.807, 2.05) is 13.8 Å². The molecule has 6 nitrogen and oxygen atoms in total. The molecule has 0 aliphatic rings.